The third kappa shape index (κ3) is 3.80. The molecule has 4 heteroatoms. The average molecular weight is 302 g/mol. The van der Waals surface area contributed by atoms with Crippen LogP contribution in [0.25, 0.3) is 0 Å². The Hall–Kier alpha value is -1.55. The molecule has 0 aromatic heterocycles. The maximum atomic E-state index is 12.2. The van der Waals surface area contributed by atoms with Gasteiger partial charge in [0.15, 0.2) is 0 Å². The molecule has 1 unspecified atom stereocenters. The van der Waals surface area contributed by atoms with Crippen LogP contribution in [0.2, 0.25) is 0 Å². The number of hydrogen-bond donors (Lipinski definition) is 2. The van der Waals surface area contributed by atoms with Crippen molar-refractivity contribution >= 4 is 5.91 Å². The monoisotopic (exact) mass is 302 g/mol. The Kier molecular flexibility index (Phi) is 4.67. The Morgan fingerprint density at radius 3 is 2.68 bits per heavy atom. The zero-order valence-electron chi connectivity index (χ0n) is 13.1. The lowest BCUT2D eigenvalue weighted by molar-refractivity contribution is -0.122. The van der Waals surface area contributed by atoms with Gasteiger partial charge in [-0.3, -0.25) is 4.79 Å². The van der Waals surface area contributed by atoms with Crippen LogP contribution in [0.1, 0.15) is 50.5 Å². The average Bonchev–Trinajstić information content (AvgIpc) is 2.78. The first-order valence-corrected chi connectivity index (χ1v) is 8.45. The van der Waals surface area contributed by atoms with Crippen molar-refractivity contribution in [1.82, 2.24) is 5.32 Å². The zero-order valence-corrected chi connectivity index (χ0v) is 13.1. The topological polar surface area (TPSA) is 64.3 Å². The molecule has 120 valence electrons. The molecule has 1 atom stereocenters. The molecule has 1 saturated carbocycles. The van der Waals surface area contributed by atoms with E-state index in [2.05, 4.69) is 11.4 Å². The molecule has 0 bridgehead atoms. The van der Waals surface area contributed by atoms with E-state index in [0.29, 0.717) is 13.0 Å². The quantitative estimate of drug-likeness (QED) is 0.840. The molecule has 0 radical (unpaired) electrons. The van der Waals surface area contributed by atoms with Crippen molar-refractivity contribution in [3.05, 3.63) is 29.8 Å². The second-order valence-electron chi connectivity index (χ2n) is 6.81. The minimum absolute atomic E-state index is 0.0414. The van der Waals surface area contributed by atoms with Crippen molar-refractivity contribution in [3.63, 3.8) is 0 Å². The lowest BCUT2D eigenvalue weighted by Gasteiger charge is -2.28. The van der Waals surface area contributed by atoms with Crippen LogP contribution in [0, 0.1) is 0 Å². The summed E-state index contributed by atoms with van der Waals surface area (Å²) < 4.78 is 5.82. The molecule has 1 aliphatic carbocycles. The fraction of sp³-hybridized carbons (Fsp3) is 0.611. The van der Waals surface area contributed by atoms with Gasteiger partial charge in [0, 0.05) is 18.5 Å². The molecule has 3 N–H and O–H groups in total. The SMILES string of the molecule is NC1(CNC(=O)CC2Cc3ccccc3O2)CCCCCC1. The van der Waals surface area contributed by atoms with Crippen LogP contribution in [0.4, 0.5) is 0 Å². The second-order valence-corrected chi connectivity index (χ2v) is 6.81. The number of hydrogen-bond acceptors (Lipinski definition) is 3. The van der Waals surface area contributed by atoms with E-state index in [9.17, 15) is 4.79 Å². The molecule has 0 saturated heterocycles. The van der Waals surface area contributed by atoms with Crippen LogP contribution in [0.15, 0.2) is 24.3 Å². The molecule has 1 amide bonds. The zero-order chi connectivity index (χ0) is 15.4. The summed E-state index contributed by atoms with van der Waals surface area (Å²) in [7, 11) is 0. The molecular formula is C18H26N2O2. The summed E-state index contributed by atoms with van der Waals surface area (Å²) in [6.07, 6.45) is 8.09. The van der Waals surface area contributed by atoms with E-state index in [0.717, 1.165) is 25.0 Å². The number of carbonyl (C=O) groups is 1. The standard InChI is InChI=1S/C18H26N2O2/c19-18(9-5-1-2-6-10-18)13-20-17(21)12-15-11-14-7-3-4-8-16(14)22-15/h3-4,7-8,15H,1-2,5-6,9-13,19H2,(H,20,21). The highest BCUT2D eigenvalue weighted by Gasteiger charge is 2.28. The summed E-state index contributed by atoms with van der Waals surface area (Å²) >= 11 is 0. The van der Waals surface area contributed by atoms with Crippen LogP contribution < -0.4 is 15.8 Å². The van der Waals surface area contributed by atoms with Gasteiger partial charge in [-0.15, -0.1) is 0 Å². The first kappa shape index (κ1) is 15.3. The summed E-state index contributed by atoms with van der Waals surface area (Å²) in [6, 6.07) is 8.00. The third-order valence-corrected chi connectivity index (χ3v) is 4.86. The maximum absolute atomic E-state index is 12.2. The number of ether oxygens (including phenoxy) is 1. The van der Waals surface area contributed by atoms with Crippen LogP contribution in [0.3, 0.4) is 0 Å². The minimum Gasteiger partial charge on any atom is -0.489 e. The molecule has 1 aliphatic heterocycles. The van der Waals surface area contributed by atoms with Gasteiger partial charge in [-0.05, 0) is 24.5 Å². The molecular weight excluding hydrogens is 276 g/mol. The van der Waals surface area contributed by atoms with E-state index >= 15 is 0 Å². The molecule has 2 aliphatic rings. The normalized spacial score (nSPS) is 23.2. The number of carbonyl (C=O) groups excluding carboxylic acids is 1. The number of amides is 1. The van der Waals surface area contributed by atoms with Crippen molar-refractivity contribution in [3.8, 4) is 5.75 Å². The molecule has 0 spiro atoms. The highest BCUT2D eigenvalue weighted by molar-refractivity contribution is 5.76. The first-order valence-electron chi connectivity index (χ1n) is 8.45. The van der Waals surface area contributed by atoms with Crippen molar-refractivity contribution < 1.29 is 9.53 Å². The highest BCUT2D eigenvalue weighted by Crippen LogP contribution is 2.29. The van der Waals surface area contributed by atoms with Gasteiger partial charge in [-0.2, -0.15) is 0 Å². The van der Waals surface area contributed by atoms with Crippen molar-refractivity contribution in [2.24, 2.45) is 5.73 Å². The Labute approximate surface area is 132 Å². The Morgan fingerprint density at radius 1 is 1.23 bits per heavy atom. The van der Waals surface area contributed by atoms with Gasteiger partial charge in [-0.1, -0.05) is 43.9 Å². The number of nitrogens with two attached hydrogens (primary N) is 1. The van der Waals surface area contributed by atoms with Crippen molar-refractivity contribution in [2.75, 3.05) is 6.54 Å². The van der Waals surface area contributed by atoms with E-state index in [1.54, 1.807) is 0 Å². The minimum atomic E-state index is -0.217. The van der Waals surface area contributed by atoms with Gasteiger partial charge in [0.25, 0.3) is 0 Å². The number of para-hydroxylation sites is 1. The van der Waals surface area contributed by atoms with E-state index in [1.165, 1.54) is 31.2 Å². The van der Waals surface area contributed by atoms with E-state index in [1.807, 2.05) is 18.2 Å². The predicted octanol–water partition coefficient (Wildman–Crippen LogP) is 2.55. The number of fused-ring (bicyclic) bond motifs is 1. The third-order valence-electron chi connectivity index (χ3n) is 4.86. The largest absolute Gasteiger partial charge is 0.489 e. The second kappa shape index (κ2) is 6.69. The number of benzene rings is 1. The summed E-state index contributed by atoms with van der Waals surface area (Å²) in [5.41, 5.74) is 7.42. The molecule has 1 aromatic carbocycles. The van der Waals surface area contributed by atoms with Gasteiger partial charge in [0.2, 0.25) is 5.91 Å². The Balaban J connectivity index is 1.45. The van der Waals surface area contributed by atoms with Crippen LogP contribution in [0.5, 0.6) is 5.75 Å². The molecule has 3 rings (SSSR count). The lowest BCUT2D eigenvalue weighted by Crippen LogP contribution is -2.50. The lowest BCUT2D eigenvalue weighted by atomic mass is 9.91. The van der Waals surface area contributed by atoms with E-state index in [4.69, 9.17) is 10.5 Å². The first-order chi connectivity index (χ1) is 10.6. The van der Waals surface area contributed by atoms with Gasteiger partial charge in [-0.25, -0.2) is 0 Å². The Morgan fingerprint density at radius 2 is 1.95 bits per heavy atom. The fourth-order valence-corrected chi connectivity index (χ4v) is 3.53. The van der Waals surface area contributed by atoms with Gasteiger partial charge >= 0.3 is 0 Å². The molecule has 1 fully saturated rings. The summed E-state index contributed by atoms with van der Waals surface area (Å²) in [4.78, 5) is 12.2. The molecule has 1 aromatic rings. The van der Waals surface area contributed by atoms with Gasteiger partial charge in [0.05, 0.1) is 6.42 Å². The highest BCUT2D eigenvalue weighted by atomic mass is 16.5. The number of nitrogens with one attached hydrogen (secondary N) is 1. The molecule has 1 heterocycles. The van der Waals surface area contributed by atoms with E-state index < -0.39 is 0 Å². The smallest absolute Gasteiger partial charge is 0.223 e. The molecule has 22 heavy (non-hydrogen) atoms. The summed E-state index contributed by atoms with van der Waals surface area (Å²) in [6.45, 7) is 0.589. The van der Waals surface area contributed by atoms with Crippen molar-refractivity contribution in [1.29, 1.82) is 0 Å². The summed E-state index contributed by atoms with van der Waals surface area (Å²) in [5.74, 6) is 0.964. The van der Waals surface area contributed by atoms with Crippen LogP contribution in [-0.4, -0.2) is 24.1 Å². The van der Waals surface area contributed by atoms with Gasteiger partial charge in [0.1, 0.15) is 11.9 Å². The number of rotatable bonds is 4. The Bertz CT molecular complexity index is 497. The van der Waals surface area contributed by atoms with Crippen LogP contribution >= 0.6 is 0 Å². The van der Waals surface area contributed by atoms with Crippen molar-refractivity contribution in [2.45, 2.75) is 63.0 Å². The maximum Gasteiger partial charge on any atom is 0.223 e. The fourth-order valence-electron chi connectivity index (χ4n) is 3.53. The van der Waals surface area contributed by atoms with Gasteiger partial charge < -0.3 is 15.8 Å². The summed E-state index contributed by atoms with van der Waals surface area (Å²) in [5, 5.41) is 3.03. The van der Waals surface area contributed by atoms with Crippen LogP contribution in [-0.2, 0) is 11.2 Å². The predicted molar refractivity (Wildman–Crippen MR) is 86.8 cm³/mol. The van der Waals surface area contributed by atoms with E-state index in [-0.39, 0.29) is 17.6 Å². The molecule has 4 nitrogen and oxygen atoms in total.